The minimum absolute atomic E-state index is 0.0366. The van der Waals surface area contributed by atoms with Gasteiger partial charge < -0.3 is 15.8 Å². The molecule has 1 fully saturated rings. The van der Waals surface area contributed by atoms with E-state index in [2.05, 4.69) is 5.32 Å². The summed E-state index contributed by atoms with van der Waals surface area (Å²) >= 11 is 0. The normalized spacial score (nSPS) is 17.9. The Hall–Kier alpha value is -0.610. The molecule has 0 aromatic rings. The van der Waals surface area contributed by atoms with E-state index >= 15 is 0 Å². The van der Waals surface area contributed by atoms with Gasteiger partial charge in [-0.1, -0.05) is 0 Å². The van der Waals surface area contributed by atoms with Gasteiger partial charge in [-0.25, -0.2) is 0 Å². The number of nitrogens with one attached hydrogen (secondary N) is 1. The molecule has 1 saturated carbocycles. The summed E-state index contributed by atoms with van der Waals surface area (Å²) in [5.74, 6) is 0.678. The smallest absolute Gasteiger partial charge is 0.222 e. The fourth-order valence-corrected chi connectivity index (χ4v) is 1.32. The Morgan fingerprint density at radius 2 is 2.36 bits per heavy atom. The van der Waals surface area contributed by atoms with Crippen LogP contribution in [-0.2, 0) is 9.53 Å². The van der Waals surface area contributed by atoms with Gasteiger partial charge in [-0.05, 0) is 25.7 Å². The molecule has 1 aliphatic carbocycles. The first kappa shape index (κ1) is 11.5. The van der Waals surface area contributed by atoms with E-state index in [0.717, 1.165) is 0 Å². The average molecular weight is 200 g/mol. The molecule has 1 aliphatic rings. The lowest BCUT2D eigenvalue weighted by atomic mass is 10.2. The number of carbonyl (C=O) groups excluding carboxylic acids is 1. The molecular formula is C10H20N2O2. The van der Waals surface area contributed by atoms with Gasteiger partial charge in [0.2, 0.25) is 5.91 Å². The Balaban J connectivity index is 1.96. The van der Waals surface area contributed by atoms with E-state index < -0.39 is 0 Å². The Morgan fingerprint density at radius 1 is 1.64 bits per heavy atom. The van der Waals surface area contributed by atoms with E-state index in [1.54, 1.807) is 0 Å². The summed E-state index contributed by atoms with van der Waals surface area (Å²) in [6, 6.07) is 0.144. The first-order valence-electron chi connectivity index (χ1n) is 5.34. The second-order valence-corrected chi connectivity index (χ2v) is 3.75. The number of carbonyl (C=O) groups is 1. The van der Waals surface area contributed by atoms with Crippen molar-refractivity contribution in [2.75, 3.05) is 19.8 Å². The van der Waals surface area contributed by atoms with Crippen molar-refractivity contribution in [1.82, 2.24) is 5.32 Å². The number of nitrogens with two attached hydrogens (primary N) is 1. The second-order valence-electron chi connectivity index (χ2n) is 3.75. The topological polar surface area (TPSA) is 64.3 Å². The molecule has 4 heteroatoms. The van der Waals surface area contributed by atoms with Crippen LogP contribution in [0.4, 0.5) is 0 Å². The molecule has 0 saturated heterocycles. The fourth-order valence-electron chi connectivity index (χ4n) is 1.32. The van der Waals surface area contributed by atoms with Crippen LogP contribution in [0.25, 0.3) is 0 Å². The summed E-state index contributed by atoms with van der Waals surface area (Å²) in [6.45, 7) is 3.69. The third-order valence-electron chi connectivity index (χ3n) is 2.44. The highest BCUT2D eigenvalue weighted by Gasteiger charge is 2.28. The van der Waals surface area contributed by atoms with Crippen molar-refractivity contribution in [1.29, 1.82) is 0 Å². The van der Waals surface area contributed by atoms with Gasteiger partial charge in [0.15, 0.2) is 0 Å². The molecule has 1 atom stereocenters. The number of hydrogen-bond acceptors (Lipinski definition) is 3. The quantitative estimate of drug-likeness (QED) is 0.580. The van der Waals surface area contributed by atoms with Crippen LogP contribution in [0.2, 0.25) is 0 Å². The number of amides is 1. The van der Waals surface area contributed by atoms with Crippen molar-refractivity contribution in [3.05, 3.63) is 0 Å². The van der Waals surface area contributed by atoms with E-state index in [-0.39, 0.29) is 11.9 Å². The molecule has 0 radical (unpaired) electrons. The Labute approximate surface area is 85.2 Å². The van der Waals surface area contributed by atoms with Gasteiger partial charge in [-0.2, -0.15) is 0 Å². The predicted molar refractivity (Wildman–Crippen MR) is 54.8 cm³/mol. The fraction of sp³-hybridized carbons (Fsp3) is 0.900. The summed E-state index contributed by atoms with van der Waals surface area (Å²) in [4.78, 5) is 11.2. The van der Waals surface area contributed by atoms with Crippen molar-refractivity contribution in [2.45, 2.75) is 32.2 Å². The molecule has 0 heterocycles. The largest absolute Gasteiger partial charge is 0.381 e. The highest BCUT2D eigenvalue weighted by atomic mass is 16.5. The van der Waals surface area contributed by atoms with E-state index in [0.29, 0.717) is 32.1 Å². The van der Waals surface area contributed by atoms with Crippen LogP contribution < -0.4 is 11.1 Å². The molecule has 0 aromatic carbocycles. The maximum Gasteiger partial charge on any atom is 0.222 e. The lowest BCUT2D eigenvalue weighted by molar-refractivity contribution is -0.122. The monoisotopic (exact) mass is 200 g/mol. The molecule has 0 spiro atoms. The first-order chi connectivity index (χ1) is 6.74. The van der Waals surface area contributed by atoms with Crippen molar-refractivity contribution >= 4 is 5.91 Å². The van der Waals surface area contributed by atoms with Gasteiger partial charge in [0.05, 0.1) is 6.61 Å². The zero-order valence-corrected chi connectivity index (χ0v) is 8.79. The zero-order valence-electron chi connectivity index (χ0n) is 8.79. The summed E-state index contributed by atoms with van der Waals surface area (Å²) in [5.41, 5.74) is 5.84. The summed E-state index contributed by atoms with van der Waals surface area (Å²) in [6.07, 6.45) is 2.87. The van der Waals surface area contributed by atoms with Crippen LogP contribution in [0.15, 0.2) is 0 Å². The minimum Gasteiger partial charge on any atom is -0.381 e. The lowest BCUT2D eigenvalue weighted by Gasteiger charge is -2.11. The molecule has 3 N–H and O–H groups in total. The Bertz CT molecular complexity index is 181. The Morgan fingerprint density at radius 3 is 2.93 bits per heavy atom. The minimum atomic E-state index is 0.0366. The van der Waals surface area contributed by atoms with Crippen LogP contribution in [-0.4, -0.2) is 31.7 Å². The number of ether oxygens (including phenoxy) is 1. The van der Waals surface area contributed by atoms with Crippen molar-refractivity contribution in [2.24, 2.45) is 11.7 Å². The maximum absolute atomic E-state index is 11.2. The molecule has 0 aromatic heterocycles. The molecule has 1 rings (SSSR count). The summed E-state index contributed by atoms with van der Waals surface area (Å²) in [7, 11) is 0. The lowest BCUT2D eigenvalue weighted by Crippen LogP contribution is -2.38. The highest BCUT2D eigenvalue weighted by molar-refractivity contribution is 5.75. The average Bonchev–Trinajstić information content (AvgIpc) is 2.98. The van der Waals surface area contributed by atoms with Crippen molar-refractivity contribution in [3.63, 3.8) is 0 Å². The van der Waals surface area contributed by atoms with Gasteiger partial charge in [0, 0.05) is 25.6 Å². The van der Waals surface area contributed by atoms with E-state index in [9.17, 15) is 4.79 Å². The SMILES string of the molecule is CCOCCC(=O)NCC(N)C1CC1. The number of hydrogen-bond donors (Lipinski definition) is 2. The van der Waals surface area contributed by atoms with E-state index in [1.165, 1.54) is 12.8 Å². The summed E-state index contributed by atoms with van der Waals surface area (Å²) < 4.78 is 5.08. The molecular weight excluding hydrogens is 180 g/mol. The van der Waals surface area contributed by atoms with Crippen molar-refractivity contribution in [3.8, 4) is 0 Å². The third kappa shape index (κ3) is 4.58. The molecule has 14 heavy (non-hydrogen) atoms. The zero-order chi connectivity index (χ0) is 10.4. The van der Waals surface area contributed by atoms with Crippen LogP contribution in [0.3, 0.4) is 0 Å². The predicted octanol–water partition coefficient (Wildman–Crippen LogP) is 0.267. The van der Waals surface area contributed by atoms with Gasteiger partial charge in [-0.15, -0.1) is 0 Å². The molecule has 1 amide bonds. The summed E-state index contributed by atoms with van der Waals surface area (Å²) in [5, 5.41) is 2.82. The van der Waals surface area contributed by atoms with Gasteiger partial charge in [-0.3, -0.25) is 4.79 Å². The maximum atomic E-state index is 11.2. The Kier molecular flexibility index (Phi) is 4.90. The van der Waals surface area contributed by atoms with Crippen LogP contribution >= 0.6 is 0 Å². The highest BCUT2D eigenvalue weighted by Crippen LogP contribution is 2.31. The van der Waals surface area contributed by atoms with Gasteiger partial charge in [0.1, 0.15) is 0 Å². The molecule has 0 aliphatic heterocycles. The first-order valence-corrected chi connectivity index (χ1v) is 5.34. The molecule has 82 valence electrons. The van der Waals surface area contributed by atoms with Gasteiger partial charge >= 0.3 is 0 Å². The van der Waals surface area contributed by atoms with Gasteiger partial charge in [0.25, 0.3) is 0 Å². The number of rotatable bonds is 7. The third-order valence-corrected chi connectivity index (χ3v) is 2.44. The van der Waals surface area contributed by atoms with E-state index in [4.69, 9.17) is 10.5 Å². The van der Waals surface area contributed by atoms with E-state index in [1.807, 2.05) is 6.92 Å². The molecule has 0 bridgehead atoms. The van der Waals surface area contributed by atoms with Crippen LogP contribution in [0.5, 0.6) is 0 Å². The molecule has 4 nitrogen and oxygen atoms in total. The van der Waals surface area contributed by atoms with Crippen molar-refractivity contribution < 1.29 is 9.53 Å². The standard InChI is InChI=1S/C10H20N2O2/c1-2-14-6-5-10(13)12-7-9(11)8-3-4-8/h8-9H,2-7,11H2,1H3,(H,12,13). The van der Waals surface area contributed by atoms with Crippen LogP contribution in [0, 0.1) is 5.92 Å². The molecule has 1 unspecified atom stereocenters. The second kappa shape index (κ2) is 5.98. The van der Waals surface area contributed by atoms with Crippen LogP contribution in [0.1, 0.15) is 26.2 Å².